The first-order valence-corrected chi connectivity index (χ1v) is 10.1. The molecule has 0 aliphatic heterocycles. The van der Waals surface area contributed by atoms with E-state index in [9.17, 15) is 5.26 Å². The highest BCUT2D eigenvalue weighted by atomic mass is 35.5. The van der Waals surface area contributed by atoms with Gasteiger partial charge in [-0.15, -0.1) is 0 Å². The van der Waals surface area contributed by atoms with Gasteiger partial charge in [0.25, 0.3) is 0 Å². The van der Waals surface area contributed by atoms with Crippen LogP contribution >= 0.6 is 11.6 Å². The molecule has 2 heterocycles. The molecule has 2 aromatic carbocycles. The molecule has 0 aliphatic rings. The van der Waals surface area contributed by atoms with Gasteiger partial charge in [0.1, 0.15) is 5.82 Å². The Kier molecular flexibility index (Phi) is 5.39. The molecule has 2 aromatic heterocycles. The lowest BCUT2D eigenvalue weighted by Crippen LogP contribution is -1.99. The normalized spacial score (nSPS) is 10.8. The Labute approximate surface area is 181 Å². The van der Waals surface area contributed by atoms with E-state index in [0.29, 0.717) is 11.4 Å². The zero-order valence-corrected chi connectivity index (χ0v) is 17.9. The fraction of sp³-hybridized carbons (Fsp3) is 0.160. The molecular formula is C25H21ClN4. The summed E-state index contributed by atoms with van der Waals surface area (Å²) in [6.07, 6.45) is 3.93. The summed E-state index contributed by atoms with van der Waals surface area (Å²) in [4.78, 5) is 12.7. The molecule has 4 aromatic rings. The topological polar surface area (TPSA) is 65.4 Å². The van der Waals surface area contributed by atoms with Crippen molar-refractivity contribution in [3.63, 3.8) is 0 Å². The van der Waals surface area contributed by atoms with Gasteiger partial charge in [-0.1, -0.05) is 29.8 Å². The van der Waals surface area contributed by atoms with E-state index >= 15 is 0 Å². The maximum Gasteiger partial charge on any atom is 0.139 e. The highest BCUT2D eigenvalue weighted by Crippen LogP contribution is 2.36. The molecule has 0 radical (unpaired) electrons. The lowest BCUT2D eigenvalue weighted by atomic mass is 9.91. The predicted octanol–water partition coefficient (Wildman–Crippen LogP) is 6.45. The van der Waals surface area contributed by atoms with Gasteiger partial charge < -0.3 is 4.98 Å². The van der Waals surface area contributed by atoms with E-state index in [1.54, 1.807) is 12.4 Å². The Morgan fingerprint density at radius 3 is 2.33 bits per heavy atom. The number of hydrogen-bond donors (Lipinski definition) is 1. The van der Waals surface area contributed by atoms with Gasteiger partial charge in [0, 0.05) is 34.1 Å². The van der Waals surface area contributed by atoms with Crippen molar-refractivity contribution in [3.05, 3.63) is 82.1 Å². The molecule has 0 saturated carbocycles. The third-order valence-electron chi connectivity index (χ3n) is 5.41. The zero-order valence-electron chi connectivity index (χ0n) is 17.1. The van der Waals surface area contributed by atoms with Crippen molar-refractivity contribution in [2.75, 3.05) is 0 Å². The van der Waals surface area contributed by atoms with Gasteiger partial charge in [-0.25, -0.2) is 4.98 Å². The number of rotatable bonds is 4. The van der Waals surface area contributed by atoms with Crippen molar-refractivity contribution >= 4 is 11.6 Å². The van der Waals surface area contributed by atoms with Crippen LogP contribution in [0.3, 0.4) is 0 Å². The molecule has 0 spiro atoms. The summed E-state index contributed by atoms with van der Waals surface area (Å²) < 4.78 is 0. The lowest BCUT2D eigenvalue weighted by molar-refractivity contribution is 1.14. The molecule has 148 valence electrons. The van der Waals surface area contributed by atoms with Gasteiger partial charge in [0.05, 0.1) is 23.9 Å². The minimum absolute atomic E-state index is 0.382. The number of halogens is 1. The minimum Gasteiger partial charge on any atom is -0.337 e. The second kappa shape index (κ2) is 8.14. The first-order valence-electron chi connectivity index (χ1n) is 9.73. The number of H-pyrrole nitrogens is 1. The Hall–Kier alpha value is -3.42. The van der Waals surface area contributed by atoms with Gasteiger partial charge in [0.2, 0.25) is 0 Å². The Balaban J connectivity index is 1.96. The number of pyridine rings is 1. The average Bonchev–Trinajstić information content (AvgIpc) is 3.17. The van der Waals surface area contributed by atoms with E-state index in [1.807, 2.05) is 36.4 Å². The second-order valence-electron chi connectivity index (χ2n) is 7.38. The van der Waals surface area contributed by atoms with Gasteiger partial charge in [-0.3, -0.25) is 4.98 Å². The van der Waals surface area contributed by atoms with E-state index in [4.69, 9.17) is 16.6 Å². The average molecular weight is 413 g/mol. The molecule has 0 amide bonds. The highest BCUT2D eigenvalue weighted by Gasteiger charge is 2.19. The summed E-state index contributed by atoms with van der Waals surface area (Å²) in [5, 5.41) is 9.96. The number of aromatic nitrogens is 3. The predicted molar refractivity (Wildman–Crippen MR) is 121 cm³/mol. The van der Waals surface area contributed by atoms with Crippen molar-refractivity contribution in [1.29, 1.82) is 5.26 Å². The number of aryl methyl sites for hydroxylation is 2. The van der Waals surface area contributed by atoms with Crippen LogP contribution in [-0.2, 0) is 6.42 Å². The number of imidazole rings is 1. The second-order valence-corrected chi connectivity index (χ2v) is 7.81. The van der Waals surface area contributed by atoms with Crippen molar-refractivity contribution in [1.82, 2.24) is 15.0 Å². The minimum atomic E-state index is 0.382. The van der Waals surface area contributed by atoms with Crippen LogP contribution in [-0.4, -0.2) is 15.0 Å². The SMILES string of the molecule is Cc1cc(C)c(-c2nc(-c3ccc(Cl)cc3)c(-c3ccncc3)[nH]2)c(C)c1CC#N. The summed E-state index contributed by atoms with van der Waals surface area (Å²) >= 11 is 6.10. The van der Waals surface area contributed by atoms with Crippen LogP contribution in [0.25, 0.3) is 33.9 Å². The standard InChI is InChI=1S/C25H21ClN4/c1-15-14-16(2)22(17(3)21(15)8-11-27)25-29-23(18-4-6-20(26)7-5-18)24(30-25)19-9-12-28-13-10-19/h4-7,9-10,12-14H,8H2,1-3H3,(H,29,30). The van der Waals surface area contributed by atoms with Crippen LogP contribution in [0.5, 0.6) is 0 Å². The van der Waals surface area contributed by atoms with E-state index < -0.39 is 0 Å². The number of nitrogens with one attached hydrogen (secondary N) is 1. The number of aromatic amines is 1. The molecule has 0 unspecified atom stereocenters. The number of hydrogen-bond acceptors (Lipinski definition) is 3. The molecule has 1 N–H and O–H groups in total. The van der Waals surface area contributed by atoms with Crippen LogP contribution in [0.2, 0.25) is 5.02 Å². The maximum absolute atomic E-state index is 9.28. The third-order valence-corrected chi connectivity index (χ3v) is 5.67. The first kappa shape index (κ1) is 19.9. The highest BCUT2D eigenvalue weighted by molar-refractivity contribution is 6.30. The molecule has 0 bridgehead atoms. The van der Waals surface area contributed by atoms with Crippen molar-refractivity contribution in [2.24, 2.45) is 0 Å². The Bertz CT molecular complexity index is 1250. The van der Waals surface area contributed by atoms with Crippen LogP contribution in [0.1, 0.15) is 22.3 Å². The number of benzene rings is 2. The van der Waals surface area contributed by atoms with Crippen LogP contribution in [0, 0.1) is 32.1 Å². The van der Waals surface area contributed by atoms with E-state index in [0.717, 1.165) is 56.2 Å². The smallest absolute Gasteiger partial charge is 0.139 e. The fourth-order valence-electron chi connectivity index (χ4n) is 3.98. The largest absolute Gasteiger partial charge is 0.337 e. The van der Waals surface area contributed by atoms with Crippen molar-refractivity contribution in [2.45, 2.75) is 27.2 Å². The fourth-order valence-corrected chi connectivity index (χ4v) is 4.10. The molecule has 0 aliphatic carbocycles. The Morgan fingerprint density at radius 1 is 0.967 bits per heavy atom. The number of nitriles is 1. The summed E-state index contributed by atoms with van der Waals surface area (Å²) in [7, 11) is 0. The molecule has 5 heteroatoms. The van der Waals surface area contributed by atoms with Crippen LogP contribution in [0.4, 0.5) is 0 Å². The van der Waals surface area contributed by atoms with Gasteiger partial charge in [-0.2, -0.15) is 5.26 Å². The molecule has 0 saturated heterocycles. The number of nitrogens with zero attached hydrogens (tertiary/aromatic N) is 3. The molecule has 30 heavy (non-hydrogen) atoms. The van der Waals surface area contributed by atoms with E-state index in [1.165, 1.54) is 0 Å². The summed E-state index contributed by atoms with van der Waals surface area (Å²) in [6, 6.07) is 16.0. The molecular weight excluding hydrogens is 392 g/mol. The monoisotopic (exact) mass is 412 g/mol. The van der Waals surface area contributed by atoms with Crippen LogP contribution in [0.15, 0.2) is 54.9 Å². The van der Waals surface area contributed by atoms with Gasteiger partial charge >= 0.3 is 0 Å². The summed E-state index contributed by atoms with van der Waals surface area (Å²) in [5.74, 6) is 0.793. The van der Waals surface area contributed by atoms with E-state index in [2.05, 4.69) is 42.9 Å². The van der Waals surface area contributed by atoms with Crippen molar-refractivity contribution in [3.8, 4) is 40.0 Å². The van der Waals surface area contributed by atoms with Crippen LogP contribution < -0.4 is 0 Å². The molecule has 0 fully saturated rings. The molecule has 0 atom stereocenters. The van der Waals surface area contributed by atoms with Gasteiger partial charge in [0.15, 0.2) is 0 Å². The van der Waals surface area contributed by atoms with E-state index in [-0.39, 0.29) is 0 Å². The quantitative estimate of drug-likeness (QED) is 0.418. The lowest BCUT2D eigenvalue weighted by Gasteiger charge is -2.14. The first-order chi connectivity index (χ1) is 14.5. The zero-order chi connectivity index (χ0) is 21.3. The molecule has 4 nitrogen and oxygen atoms in total. The molecule has 4 rings (SSSR count). The summed E-state index contributed by atoms with van der Waals surface area (Å²) in [6.45, 7) is 6.21. The van der Waals surface area contributed by atoms with Gasteiger partial charge in [-0.05, 0) is 67.3 Å². The Morgan fingerprint density at radius 2 is 1.67 bits per heavy atom. The maximum atomic E-state index is 9.28. The van der Waals surface area contributed by atoms with Crippen molar-refractivity contribution < 1.29 is 0 Å². The third kappa shape index (κ3) is 3.60. The summed E-state index contributed by atoms with van der Waals surface area (Å²) in [5.41, 5.74) is 9.23.